The molecule has 2 heterocycles. The van der Waals surface area contributed by atoms with Crippen LogP contribution >= 0.6 is 15.9 Å². The fraction of sp³-hybridized carbons (Fsp3) is 0.571. The number of hydrogen-bond donors (Lipinski definition) is 0. The number of halogens is 1. The standard InChI is InChI=1S/C14H19BrN2O/c1-2-5-12-6-3-4-9-17(12)14(18)13-8-7-11(15)10-16-13/h7-8,10,12H,2-6,9H2,1H3. The van der Waals surface area contributed by atoms with Gasteiger partial charge in [-0.05, 0) is 53.7 Å². The first-order chi connectivity index (χ1) is 8.72. The van der Waals surface area contributed by atoms with E-state index in [2.05, 4.69) is 27.8 Å². The number of carbonyl (C=O) groups excluding carboxylic acids is 1. The summed E-state index contributed by atoms with van der Waals surface area (Å²) in [5, 5.41) is 0. The molecule has 1 amide bonds. The summed E-state index contributed by atoms with van der Waals surface area (Å²) in [7, 11) is 0. The predicted octanol–water partition coefficient (Wildman–Crippen LogP) is 3.64. The Morgan fingerprint density at radius 2 is 2.33 bits per heavy atom. The van der Waals surface area contributed by atoms with Crippen LogP contribution in [-0.4, -0.2) is 28.4 Å². The number of carbonyl (C=O) groups is 1. The molecule has 1 atom stereocenters. The van der Waals surface area contributed by atoms with Gasteiger partial charge in [-0.15, -0.1) is 0 Å². The number of aromatic nitrogens is 1. The summed E-state index contributed by atoms with van der Waals surface area (Å²) >= 11 is 3.34. The molecular formula is C14H19BrN2O. The highest BCUT2D eigenvalue weighted by Crippen LogP contribution is 2.22. The minimum absolute atomic E-state index is 0.0839. The largest absolute Gasteiger partial charge is 0.334 e. The zero-order chi connectivity index (χ0) is 13.0. The van der Waals surface area contributed by atoms with Gasteiger partial charge in [0.25, 0.3) is 5.91 Å². The minimum atomic E-state index is 0.0839. The van der Waals surface area contributed by atoms with E-state index in [0.717, 1.165) is 36.7 Å². The van der Waals surface area contributed by atoms with E-state index in [1.54, 1.807) is 12.3 Å². The number of hydrogen-bond acceptors (Lipinski definition) is 2. The summed E-state index contributed by atoms with van der Waals surface area (Å²) in [4.78, 5) is 18.7. The third kappa shape index (κ3) is 3.10. The Morgan fingerprint density at radius 1 is 1.50 bits per heavy atom. The monoisotopic (exact) mass is 310 g/mol. The van der Waals surface area contributed by atoms with Crippen LogP contribution in [0.4, 0.5) is 0 Å². The lowest BCUT2D eigenvalue weighted by molar-refractivity contribution is 0.0594. The highest BCUT2D eigenvalue weighted by molar-refractivity contribution is 9.10. The second-order valence-corrected chi connectivity index (χ2v) is 5.71. The van der Waals surface area contributed by atoms with Crippen LogP contribution in [0.25, 0.3) is 0 Å². The molecular weight excluding hydrogens is 292 g/mol. The Morgan fingerprint density at radius 3 is 3.00 bits per heavy atom. The molecule has 1 unspecified atom stereocenters. The average Bonchev–Trinajstić information content (AvgIpc) is 2.40. The van der Waals surface area contributed by atoms with Crippen molar-refractivity contribution in [1.29, 1.82) is 0 Å². The quantitative estimate of drug-likeness (QED) is 0.854. The lowest BCUT2D eigenvalue weighted by atomic mass is 9.98. The Balaban J connectivity index is 2.12. The van der Waals surface area contributed by atoms with Gasteiger partial charge < -0.3 is 4.90 Å². The number of piperidine rings is 1. The molecule has 18 heavy (non-hydrogen) atoms. The van der Waals surface area contributed by atoms with E-state index in [9.17, 15) is 4.79 Å². The molecule has 1 aliphatic rings. The Kier molecular flexibility index (Phi) is 4.75. The number of amides is 1. The van der Waals surface area contributed by atoms with Gasteiger partial charge in [-0.25, -0.2) is 4.98 Å². The normalized spacial score (nSPS) is 19.9. The molecule has 1 aromatic rings. The van der Waals surface area contributed by atoms with Gasteiger partial charge in [0, 0.05) is 23.3 Å². The van der Waals surface area contributed by atoms with Crippen LogP contribution in [0.15, 0.2) is 22.8 Å². The van der Waals surface area contributed by atoms with Crippen molar-refractivity contribution in [1.82, 2.24) is 9.88 Å². The fourth-order valence-electron chi connectivity index (χ4n) is 2.55. The molecule has 3 nitrogen and oxygen atoms in total. The fourth-order valence-corrected chi connectivity index (χ4v) is 2.79. The molecule has 1 saturated heterocycles. The number of rotatable bonds is 3. The van der Waals surface area contributed by atoms with Crippen LogP contribution in [0.2, 0.25) is 0 Å². The molecule has 4 heteroatoms. The van der Waals surface area contributed by atoms with E-state index < -0.39 is 0 Å². The van der Waals surface area contributed by atoms with Gasteiger partial charge in [0.15, 0.2) is 0 Å². The zero-order valence-corrected chi connectivity index (χ0v) is 12.3. The maximum atomic E-state index is 12.4. The summed E-state index contributed by atoms with van der Waals surface area (Å²) in [6.07, 6.45) is 7.40. The zero-order valence-electron chi connectivity index (χ0n) is 10.7. The van der Waals surface area contributed by atoms with E-state index in [1.165, 1.54) is 6.42 Å². The van der Waals surface area contributed by atoms with Crippen LogP contribution in [0, 0.1) is 0 Å². The second-order valence-electron chi connectivity index (χ2n) is 4.80. The van der Waals surface area contributed by atoms with Crippen molar-refractivity contribution in [3.8, 4) is 0 Å². The van der Waals surface area contributed by atoms with Crippen LogP contribution in [0.5, 0.6) is 0 Å². The molecule has 0 bridgehead atoms. The molecule has 98 valence electrons. The van der Waals surface area contributed by atoms with Crippen molar-refractivity contribution in [3.63, 3.8) is 0 Å². The highest BCUT2D eigenvalue weighted by Gasteiger charge is 2.27. The molecule has 1 aromatic heterocycles. The van der Waals surface area contributed by atoms with Gasteiger partial charge in [0.2, 0.25) is 0 Å². The lowest BCUT2D eigenvalue weighted by Gasteiger charge is -2.35. The van der Waals surface area contributed by atoms with Crippen molar-refractivity contribution in [2.75, 3.05) is 6.54 Å². The van der Waals surface area contributed by atoms with Gasteiger partial charge in [-0.2, -0.15) is 0 Å². The van der Waals surface area contributed by atoms with Crippen molar-refractivity contribution in [3.05, 3.63) is 28.5 Å². The number of pyridine rings is 1. The first-order valence-electron chi connectivity index (χ1n) is 6.65. The molecule has 0 radical (unpaired) electrons. The number of likely N-dealkylation sites (tertiary alicyclic amines) is 1. The van der Waals surface area contributed by atoms with Crippen molar-refractivity contribution in [2.45, 2.75) is 45.1 Å². The molecule has 1 aliphatic heterocycles. The van der Waals surface area contributed by atoms with Gasteiger partial charge >= 0.3 is 0 Å². The highest BCUT2D eigenvalue weighted by atomic mass is 79.9. The molecule has 1 fully saturated rings. The molecule has 0 saturated carbocycles. The number of nitrogens with zero attached hydrogens (tertiary/aromatic N) is 2. The molecule has 0 aromatic carbocycles. The SMILES string of the molecule is CCCC1CCCCN1C(=O)c1ccc(Br)cn1. The molecule has 0 N–H and O–H groups in total. The first kappa shape index (κ1) is 13.5. The Hall–Kier alpha value is -0.900. The second kappa shape index (κ2) is 6.32. The van der Waals surface area contributed by atoms with Gasteiger partial charge in [0.05, 0.1) is 0 Å². The van der Waals surface area contributed by atoms with Crippen LogP contribution in [0.1, 0.15) is 49.5 Å². The van der Waals surface area contributed by atoms with Crippen molar-refractivity contribution < 1.29 is 4.79 Å². The summed E-state index contributed by atoms with van der Waals surface area (Å²) in [5.74, 6) is 0.0839. The Labute approximate surface area is 117 Å². The average molecular weight is 311 g/mol. The van der Waals surface area contributed by atoms with Gasteiger partial charge in [-0.1, -0.05) is 13.3 Å². The maximum Gasteiger partial charge on any atom is 0.272 e. The van der Waals surface area contributed by atoms with E-state index in [0.29, 0.717) is 11.7 Å². The van der Waals surface area contributed by atoms with Gasteiger partial charge in [0.1, 0.15) is 5.69 Å². The topological polar surface area (TPSA) is 33.2 Å². The summed E-state index contributed by atoms with van der Waals surface area (Å²) < 4.78 is 0.905. The van der Waals surface area contributed by atoms with E-state index in [4.69, 9.17) is 0 Å². The summed E-state index contributed by atoms with van der Waals surface area (Å²) in [5.41, 5.74) is 0.557. The van der Waals surface area contributed by atoms with E-state index >= 15 is 0 Å². The van der Waals surface area contributed by atoms with Crippen molar-refractivity contribution >= 4 is 21.8 Å². The van der Waals surface area contributed by atoms with Crippen LogP contribution < -0.4 is 0 Å². The summed E-state index contributed by atoms with van der Waals surface area (Å²) in [6, 6.07) is 4.07. The molecule has 0 spiro atoms. The van der Waals surface area contributed by atoms with Crippen molar-refractivity contribution in [2.24, 2.45) is 0 Å². The minimum Gasteiger partial charge on any atom is -0.334 e. The molecule has 2 rings (SSSR count). The third-order valence-corrected chi connectivity index (χ3v) is 3.93. The van der Waals surface area contributed by atoms with E-state index in [-0.39, 0.29) is 5.91 Å². The van der Waals surface area contributed by atoms with Gasteiger partial charge in [-0.3, -0.25) is 4.79 Å². The molecule has 0 aliphatic carbocycles. The van der Waals surface area contributed by atoms with Crippen LogP contribution in [-0.2, 0) is 0 Å². The smallest absolute Gasteiger partial charge is 0.272 e. The third-order valence-electron chi connectivity index (χ3n) is 3.46. The lowest BCUT2D eigenvalue weighted by Crippen LogP contribution is -2.43. The first-order valence-corrected chi connectivity index (χ1v) is 7.44. The van der Waals surface area contributed by atoms with E-state index in [1.807, 2.05) is 11.0 Å². The Bertz CT molecular complexity index is 403. The van der Waals surface area contributed by atoms with Crippen LogP contribution in [0.3, 0.4) is 0 Å². The summed E-state index contributed by atoms with van der Waals surface area (Å²) in [6.45, 7) is 3.05. The maximum absolute atomic E-state index is 12.4. The predicted molar refractivity (Wildman–Crippen MR) is 75.5 cm³/mol.